The molecule has 5 nitrogen and oxygen atoms in total. The van der Waals surface area contributed by atoms with Crippen LogP contribution in [-0.2, 0) is 4.79 Å². The van der Waals surface area contributed by atoms with E-state index in [4.69, 9.17) is 14.6 Å². The zero-order valence-corrected chi connectivity index (χ0v) is 8.80. The summed E-state index contributed by atoms with van der Waals surface area (Å²) in [6.45, 7) is 1.82. The van der Waals surface area contributed by atoms with Crippen LogP contribution < -0.4 is 9.47 Å². The number of benzene rings is 1. The molecule has 1 N–H and O–H groups in total. The average Bonchev–Trinajstić information content (AvgIpc) is 2.26. The molecule has 0 spiro atoms. The van der Waals surface area contributed by atoms with E-state index < -0.39 is 12.6 Å². The molecule has 1 aromatic rings. The standard InChI is InChI=1S/C11H12O5/c1-2-15-9-3-8(6-12)4-10(5-9)16-7-11(13)14/h3-6H,2,7H2,1H3,(H,13,14). The second-order valence-electron chi connectivity index (χ2n) is 2.97. The van der Waals surface area contributed by atoms with E-state index in [0.29, 0.717) is 30.0 Å². The fraction of sp³-hybridized carbons (Fsp3) is 0.273. The first kappa shape index (κ1) is 12.0. The van der Waals surface area contributed by atoms with Gasteiger partial charge in [-0.25, -0.2) is 4.79 Å². The maximum Gasteiger partial charge on any atom is 0.341 e. The van der Waals surface area contributed by atoms with E-state index in [1.807, 2.05) is 6.92 Å². The van der Waals surface area contributed by atoms with Gasteiger partial charge in [0.05, 0.1) is 6.61 Å². The van der Waals surface area contributed by atoms with Crippen LogP contribution in [0.3, 0.4) is 0 Å². The molecule has 0 aromatic heterocycles. The van der Waals surface area contributed by atoms with Gasteiger partial charge in [0.15, 0.2) is 6.61 Å². The number of hydrogen-bond acceptors (Lipinski definition) is 4. The van der Waals surface area contributed by atoms with Gasteiger partial charge in [-0.3, -0.25) is 4.79 Å². The van der Waals surface area contributed by atoms with Gasteiger partial charge in [-0.2, -0.15) is 0 Å². The molecule has 0 heterocycles. The Morgan fingerprint density at radius 2 is 1.94 bits per heavy atom. The first-order chi connectivity index (χ1) is 7.65. The third-order valence-corrected chi connectivity index (χ3v) is 1.71. The van der Waals surface area contributed by atoms with Crippen LogP contribution in [0.1, 0.15) is 17.3 Å². The van der Waals surface area contributed by atoms with E-state index >= 15 is 0 Å². The van der Waals surface area contributed by atoms with E-state index in [-0.39, 0.29) is 0 Å². The number of carboxylic acid groups (broad SMARTS) is 1. The van der Waals surface area contributed by atoms with Crippen molar-refractivity contribution in [3.8, 4) is 11.5 Å². The molecule has 0 aliphatic rings. The third-order valence-electron chi connectivity index (χ3n) is 1.71. The van der Waals surface area contributed by atoms with Crippen LogP contribution in [0, 0.1) is 0 Å². The summed E-state index contributed by atoms with van der Waals surface area (Å²) in [4.78, 5) is 20.9. The number of hydrogen-bond donors (Lipinski definition) is 1. The van der Waals surface area contributed by atoms with Gasteiger partial charge in [-0.1, -0.05) is 0 Å². The lowest BCUT2D eigenvalue weighted by molar-refractivity contribution is -0.139. The van der Waals surface area contributed by atoms with Crippen molar-refractivity contribution < 1.29 is 24.2 Å². The van der Waals surface area contributed by atoms with Gasteiger partial charge in [0.2, 0.25) is 0 Å². The van der Waals surface area contributed by atoms with Crippen molar-refractivity contribution >= 4 is 12.3 Å². The maximum atomic E-state index is 10.6. The van der Waals surface area contributed by atoms with Crippen LogP contribution in [0.25, 0.3) is 0 Å². The first-order valence-electron chi connectivity index (χ1n) is 4.73. The van der Waals surface area contributed by atoms with Gasteiger partial charge >= 0.3 is 5.97 Å². The molecule has 0 atom stereocenters. The molecule has 1 aromatic carbocycles. The van der Waals surface area contributed by atoms with E-state index in [2.05, 4.69) is 0 Å². The van der Waals surface area contributed by atoms with Crippen molar-refractivity contribution in [3.63, 3.8) is 0 Å². The lowest BCUT2D eigenvalue weighted by Crippen LogP contribution is -2.09. The molecule has 0 bridgehead atoms. The highest BCUT2D eigenvalue weighted by Crippen LogP contribution is 2.22. The summed E-state index contributed by atoms with van der Waals surface area (Å²) in [5, 5.41) is 8.45. The molecule has 0 unspecified atom stereocenters. The number of aliphatic carboxylic acids is 1. The normalized spacial score (nSPS) is 9.56. The van der Waals surface area contributed by atoms with E-state index in [0.717, 1.165) is 0 Å². The van der Waals surface area contributed by atoms with Crippen molar-refractivity contribution in [1.29, 1.82) is 0 Å². The highest BCUT2D eigenvalue weighted by Gasteiger charge is 2.04. The summed E-state index contributed by atoms with van der Waals surface area (Å²) in [5.41, 5.74) is 0.381. The molecule has 0 saturated carbocycles. The van der Waals surface area contributed by atoms with Crippen LogP contribution in [0.2, 0.25) is 0 Å². The monoisotopic (exact) mass is 224 g/mol. The van der Waals surface area contributed by atoms with Crippen LogP contribution in [0.4, 0.5) is 0 Å². The lowest BCUT2D eigenvalue weighted by Gasteiger charge is -2.08. The molecule has 0 saturated heterocycles. The van der Waals surface area contributed by atoms with Gasteiger partial charge in [-0.15, -0.1) is 0 Å². The van der Waals surface area contributed by atoms with Crippen molar-refractivity contribution in [3.05, 3.63) is 23.8 Å². The predicted molar refractivity (Wildman–Crippen MR) is 56.1 cm³/mol. The molecule has 86 valence electrons. The fourth-order valence-electron chi connectivity index (χ4n) is 1.14. The molecule has 5 heteroatoms. The molecule has 0 fully saturated rings. The molecule has 16 heavy (non-hydrogen) atoms. The third kappa shape index (κ3) is 3.61. The van der Waals surface area contributed by atoms with Crippen LogP contribution in [0.5, 0.6) is 11.5 Å². The Morgan fingerprint density at radius 3 is 2.44 bits per heavy atom. The number of ether oxygens (including phenoxy) is 2. The first-order valence-corrected chi connectivity index (χ1v) is 4.73. The summed E-state index contributed by atoms with van der Waals surface area (Å²) in [6, 6.07) is 4.56. The summed E-state index contributed by atoms with van der Waals surface area (Å²) >= 11 is 0. The van der Waals surface area contributed by atoms with Crippen molar-refractivity contribution in [2.24, 2.45) is 0 Å². The van der Waals surface area contributed by atoms with Crippen LogP contribution in [-0.4, -0.2) is 30.6 Å². The van der Waals surface area contributed by atoms with Gasteiger partial charge in [0.25, 0.3) is 0 Å². The Hall–Kier alpha value is -2.04. The van der Waals surface area contributed by atoms with E-state index in [1.165, 1.54) is 6.07 Å². The Labute approximate surface area is 92.6 Å². The highest BCUT2D eigenvalue weighted by atomic mass is 16.5. The second kappa shape index (κ2) is 5.75. The molecule has 0 amide bonds. The van der Waals surface area contributed by atoms with Gasteiger partial charge < -0.3 is 14.6 Å². The number of rotatable bonds is 6. The fourth-order valence-corrected chi connectivity index (χ4v) is 1.14. The quantitative estimate of drug-likeness (QED) is 0.738. The van der Waals surface area contributed by atoms with Crippen molar-refractivity contribution in [1.82, 2.24) is 0 Å². The SMILES string of the molecule is CCOc1cc(C=O)cc(OCC(=O)O)c1. The summed E-state index contributed by atoms with van der Waals surface area (Å²) < 4.78 is 10.2. The second-order valence-corrected chi connectivity index (χ2v) is 2.97. The Kier molecular flexibility index (Phi) is 4.32. The molecule has 0 aliphatic heterocycles. The number of carboxylic acids is 1. The Morgan fingerprint density at radius 1 is 1.31 bits per heavy atom. The average molecular weight is 224 g/mol. The molecular formula is C11H12O5. The number of carbonyl (C=O) groups is 2. The summed E-state index contributed by atoms with van der Waals surface area (Å²) in [6.07, 6.45) is 0.649. The van der Waals surface area contributed by atoms with Crippen LogP contribution in [0.15, 0.2) is 18.2 Å². The minimum absolute atomic E-state index is 0.301. The Balaban J connectivity index is 2.85. The van der Waals surface area contributed by atoms with E-state index in [1.54, 1.807) is 12.1 Å². The van der Waals surface area contributed by atoms with Crippen molar-refractivity contribution in [2.45, 2.75) is 6.92 Å². The summed E-state index contributed by atoms with van der Waals surface area (Å²) in [5.74, 6) is -0.294. The maximum absolute atomic E-state index is 10.6. The summed E-state index contributed by atoms with van der Waals surface area (Å²) in [7, 11) is 0. The van der Waals surface area contributed by atoms with Crippen LogP contribution >= 0.6 is 0 Å². The zero-order valence-electron chi connectivity index (χ0n) is 8.80. The number of carbonyl (C=O) groups excluding carboxylic acids is 1. The predicted octanol–water partition coefficient (Wildman–Crippen LogP) is 1.36. The highest BCUT2D eigenvalue weighted by molar-refractivity contribution is 5.76. The molecule has 1 rings (SSSR count). The smallest absolute Gasteiger partial charge is 0.341 e. The molecule has 0 aliphatic carbocycles. The largest absolute Gasteiger partial charge is 0.494 e. The van der Waals surface area contributed by atoms with Gasteiger partial charge in [0, 0.05) is 11.6 Å². The minimum Gasteiger partial charge on any atom is -0.494 e. The zero-order chi connectivity index (χ0) is 12.0. The lowest BCUT2D eigenvalue weighted by atomic mass is 10.2. The van der Waals surface area contributed by atoms with Crippen molar-refractivity contribution in [2.75, 3.05) is 13.2 Å². The van der Waals surface area contributed by atoms with Gasteiger partial charge in [0.1, 0.15) is 17.8 Å². The number of aldehydes is 1. The topological polar surface area (TPSA) is 72.8 Å². The molecular weight excluding hydrogens is 212 g/mol. The van der Waals surface area contributed by atoms with Gasteiger partial charge in [-0.05, 0) is 19.1 Å². The van der Waals surface area contributed by atoms with E-state index in [9.17, 15) is 9.59 Å². The minimum atomic E-state index is -1.07. The Bertz CT molecular complexity index is 386. The molecule has 0 radical (unpaired) electrons.